The van der Waals surface area contributed by atoms with E-state index in [0.717, 1.165) is 25.1 Å². The maximum atomic E-state index is 13.1. The normalized spacial score (nSPS) is 22.9. The Bertz CT molecular complexity index is 397. The van der Waals surface area contributed by atoms with E-state index in [9.17, 15) is 9.50 Å². The molecule has 0 radical (unpaired) electrons. The van der Waals surface area contributed by atoms with E-state index in [1.807, 2.05) is 6.92 Å². The topological polar surface area (TPSA) is 23.5 Å². The number of aliphatic hydroxyl groups excluding tert-OH is 1. The van der Waals surface area contributed by atoms with Crippen molar-refractivity contribution in [1.82, 2.24) is 4.90 Å². The van der Waals surface area contributed by atoms with Crippen LogP contribution in [0.4, 0.5) is 4.39 Å². The molecule has 1 aromatic rings. The minimum Gasteiger partial charge on any atom is -0.393 e. The predicted molar refractivity (Wildman–Crippen MR) is 66.5 cm³/mol. The molecule has 1 aromatic carbocycles. The summed E-state index contributed by atoms with van der Waals surface area (Å²) < 4.78 is 13.1. The van der Waals surface area contributed by atoms with Crippen LogP contribution >= 0.6 is 11.6 Å². The molecule has 0 amide bonds. The van der Waals surface area contributed by atoms with Crippen LogP contribution in [0.15, 0.2) is 18.2 Å². The standard InChI is InChI=1S/C13H17ClFNO/c1-9(17)10-4-5-16(7-10)8-11-6-12(15)2-3-13(11)14/h2-3,6,9-10,17H,4-5,7-8H2,1H3. The second kappa shape index (κ2) is 5.34. The number of rotatable bonds is 3. The Balaban J connectivity index is 2.00. The largest absolute Gasteiger partial charge is 0.393 e. The number of halogens is 2. The Morgan fingerprint density at radius 1 is 1.59 bits per heavy atom. The minimum atomic E-state index is -0.275. The van der Waals surface area contributed by atoms with E-state index >= 15 is 0 Å². The highest BCUT2D eigenvalue weighted by atomic mass is 35.5. The van der Waals surface area contributed by atoms with Gasteiger partial charge in [-0.05, 0) is 49.6 Å². The summed E-state index contributed by atoms with van der Waals surface area (Å²) in [5.74, 6) is 0.0676. The first-order valence-electron chi connectivity index (χ1n) is 5.90. The molecule has 0 aliphatic carbocycles. The van der Waals surface area contributed by atoms with Crippen LogP contribution in [0, 0.1) is 11.7 Å². The SMILES string of the molecule is CC(O)C1CCN(Cc2cc(F)ccc2Cl)C1. The zero-order valence-corrected chi connectivity index (χ0v) is 10.6. The van der Waals surface area contributed by atoms with Crippen molar-refractivity contribution in [2.75, 3.05) is 13.1 Å². The van der Waals surface area contributed by atoms with Gasteiger partial charge < -0.3 is 5.11 Å². The summed E-state index contributed by atoms with van der Waals surface area (Å²) in [6.45, 7) is 4.26. The van der Waals surface area contributed by atoms with Crippen LogP contribution in [-0.4, -0.2) is 29.2 Å². The van der Waals surface area contributed by atoms with Crippen molar-refractivity contribution in [1.29, 1.82) is 0 Å². The fourth-order valence-corrected chi connectivity index (χ4v) is 2.48. The highest BCUT2D eigenvalue weighted by Crippen LogP contribution is 2.24. The maximum Gasteiger partial charge on any atom is 0.123 e. The monoisotopic (exact) mass is 257 g/mol. The van der Waals surface area contributed by atoms with Crippen LogP contribution in [0.2, 0.25) is 5.02 Å². The van der Waals surface area contributed by atoms with Gasteiger partial charge in [0.05, 0.1) is 6.10 Å². The van der Waals surface area contributed by atoms with E-state index in [1.54, 1.807) is 6.07 Å². The molecule has 2 rings (SSSR count). The molecule has 0 bridgehead atoms. The van der Waals surface area contributed by atoms with E-state index in [-0.39, 0.29) is 11.9 Å². The third-order valence-corrected chi connectivity index (χ3v) is 3.76. The van der Waals surface area contributed by atoms with Crippen LogP contribution in [0.1, 0.15) is 18.9 Å². The molecule has 2 atom stereocenters. The van der Waals surface area contributed by atoms with Crippen LogP contribution in [0.25, 0.3) is 0 Å². The molecule has 0 saturated carbocycles. The van der Waals surface area contributed by atoms with Gasteiger partial charge in [-0.15, -0.1) is 0 Å². The molecule has 1 N–H and O–H groups in total. The number of likely N-dealkylation sites (tertiary alicyclic amines) is 1. The lowest BCUT2D eigenvalue weighted by atomic mass is 10.0. The van der Waals surface area contributed by atoms with E-state index in [1.165, 1.54) is 12.1 Å². The van der Waals surface area contributed by atoms with E-state index in [2.05, 4.69) is 4.90 Å². The highest BCUT2D eigenvalue weighted by molar-refractivity contribution is 6.31. The molecule has 4 heteroatoms. The molecule has 0 spiro atoms. The first-order valence-corrected chi connectivity index (χ1v) is 6.28. The number of hydrogen-bond donors (Lipinski definition) is 1. The van der Waals surface area contributed by atoms with Gasteiger partial charge in [-0.3, -0.25) is 4.90 Å². The van der Waals surface area contributed by atoms with Crippen LogP contribution in [0.3, 0.4) is 0 Å². The zero-order valence-electron chi connectivity index (χ0n) is 9.87. The number of hydrogen-bond acceptors (Lipinski definition) is 2. The molecule has 94 valence electrons. The van der Waals surface area contributed by atoms with Gasteiger partial charge in [0.1, 0.15) is 5.82 Å². The summed E-state index contributed by atoms with van der Waals surface area (Å²) in [6, 6.07) is 4.45. The van der Waals surface area contributed by atoms with Crippen molar-refractivity contribution in [3.63, 3.8) is 0 Å². The second-order valence-electron chi connectivity index (χ2n) is 4.76. The van der Waals surface area contributed by atoms with Crippen molar-refractivity contribution >= 4 is 11.6 Å². The van der Waals surface area contributed by atoms with E-state index in [0.29, 0.717) is 17.5 Å². The molecular weight excluding hydrogens is 241 g/mol. The summed E-state index contributed by atoms with van der Waals surface area (Å²) in [4.78, 5) is 2.21. The quantitative estimate of drug-likeness (QED) is 0.900. The molecule has 1 aliphatic heterocycles. The lowest BCUT2D eigenvalue weighted by Gasteiger charge is -2.18. The van der Waals surface area contributed by atoms with Gasteiger partial charge in [-0.25, -0.2) is 4.39 Å². The molecule has 1 saturated heterocycles. The smallest absolute Gasteiger partial charge is 0.123 e. The van der Waals surface area contributed by atoms with E-state index in [4.69, 9.17) is 11.6 Å². The van der Waals surface area contributed by atoms with Gasteiger partial charge in [-0.1, -0.05) is 11.6 Å². The minimum absolute atomic E-state index is 0.254. The summed E-state index contributed by atoms with van der Waals surface area (Å²) in [6.07, 6.45) is 0.716. The third-order valence-electron chi connectivity index (χ3n) is 3.39. The summed E-state index contributed by atoms with van der Waals surface area (Å²) in [7, 11) is 0. The van der Waals surface area contributed by atoms with Crippen LogP contribution in [0.5, 0.6) is 0 Å². The lowest BCUT2D eigenvalue weighted by molar-refractivity contribution is 0.127. The first-order chi connectivity index (χ1) is 8.06. The van der Waals surface area contributed by atoms with Crippen LogP contribution in [-0.2, 0) is 6.54 Å². The fourth-order valence-electron chi connectivity index (χ4n) is 2.31. The number of nitrogens with zero attached hydrogens (tertiary/aromatic N) is 1. The van der Waals surface area contributed by atoms with Crippen molar-refractivity contribution in [3.8, 4) is 0 Å². The van der Waals surface area contributed by atoms with Crippen molar-refractivity contribution < 1.29 is 9.50 Å². The molecule has 1 heterocycles. The van der Waals surface area contributed by atoms with Gasteiger partial charge in [0.15, 0.2) is 0 Å². The third kappa shape index (κ3) is 3.18. The van der Waals surface area contributed by atoms with E-state index < -0.39 is 0 Å². The predicted octanol–water partition coefficient (Wildman–Crippen LogP) is 2.68. The van der Waals surface area contributed by atoms with Crippen LogP contribution < -0.4 is 0 Å². The average Bonchev–Trinajstić information content (AvgIpc) is 2.72. The Morgan fingerprint density at radius 3 is 3.00 bits per heavy atom. The zero-order chi connectivity index (χ0) is 12.4. The van der Waals surface area contributed by atoms with Gasteiger partial charge in [0.25, 0.3) is 0 Å². The fraction of sp³-hybridized carbons (Fsp3) is 0.538. The molecular formula is C13H17ClFNO. The molecule has 2 unspecified atom stereocenters. The number of aliphatic hydroxyl groups is 1. The van der Waals surface area contributed by atoms with Crippen molar-refractivity contribution in [2.45, 2.75) is 26.0 Å². The molecule has 1 fully saturated rings. The van der Waals surface area contributed by atoms with Gasteiger partial charge in [-0.2, -0.15) is 0 Å². The van der Waals surface area contributed by atoms with Gasteiger partial charge in [0.2, 0.25) is 0 Å². The lowest BCUT2D eigenvalue weighted by Crippen LogP contribution is -2.24. The summed E-state index contributed by atoms with van der Waals surface area (Å²) in [5, 5.41) is 10.1. The van der Waals surface area contributed by atoms with Gasteiger partial charge in [0, 0.05) is 18.1 Å². The molecule has 2 nitrogen and oxygen atoms in total. The molecule has 17 heavy (non-hydrogen) atoms. The second-order valence-corrected chi connectivity index (χ2v) is 5.17. The Labute approximate surface area is 106 Å². The van der Waals surface area contributed by atoms with Gasteiger partial charge >= 0.3 is 0 Å². The maximum absolute atomic E-state index is 13.1. The summed E-state index contributed by atoms with van der Waals surface area (Å²) >= 11 is 6.03. The average molecular weight is 258 g/mol. The van der Waals surface area contributed by atoms with Crippen molar-refractivity contribution in [3.05, 3.63) is 34.6 Å². The Morgan fingerprint density at radius 2 is 2.35 bits per heavy atom. The molecule has 1 aliphatic rings. The number of benzene rings is 1. The summed E-state index contributed by atoms with van der Waals surface area (Å²) in [5.41, 5.74) is 0.818. The highest BCUT2D eigenvalue weighted by Gasteiger charge is 2.26. The Hall–Kier alpha value is -0.640. The first kappa shape index (κ1) is 12.8. The van der Waals surface area contributed by atoms with Crippen molar-refractivity contribution in [2.24, 2.45) is 5.92 Å². The Kier molecular flexibility index (Phi) is 4.02. The molecule has 0 aromatic heterocycles.